The first-order valence-electron chi connectivity index (χ1n) is 6.31. The lowest BCUT2D eigenvalue weighted by molar-refractivity contribution is -0.123. The van der Waals surface area contributed by atoms with Crippen molar-refractivity contribution < 1.29 is 4.79 Å². The van der Waals surface area contributed by atoms with Gasteiger partial charge in [0.05, 0.1) is 0 Å². The van der Waals surface area contributed by atoms with E-state index in [1.165, 1.54) is 0 Å². The van der Waals surface area contributed by atoms with Crippen LogP contribution in [0.5, 0.6) is 0 Å². The zero-order chi connectivity index (χ0) is 12.8. The Bertz CT molecular complexity index is 212. The Morgan fingerprint density at radius 2 is 1.94 bits per heavy atom. The summed E-state index contributed by atoms with van der Waals surface area (Å²) in [6.07, 6.45) is 2.52. The van der Waals surface area contributed by atoms with Crippen LogP contribution >= 0.6 is 0 Å². The average molecular weight is 228 g/mol. The second-order valence-electron chi connectivity index (χ2n) is 5.72. The monoisotopic (exact) mass is 228 g/mol. The Kier molecular flexibility index (Phi) is 6.65. The zero-order valence-corrected chi connectivity index (χ0v) is 11.5. The molecule has 1 atom stereocenters. The minimum Gasteiger partial charge on any atom is -0.351 e. The molecule has 0 aliphatic rings. The fourth-order valence-electron chi connectivity index (χ4n) is 1.71. The summed E-state index contributed by atoms with van der Waals surface area (Å²) in [6, 6.07) is 0. The maximum Gasteiger partial charge on any atom is 0.220 e. The molecule has 0 aromatic heterocycles. The standard InChI is InChI=1S/C13H28N2O/c1-6-13(4,5)15-12(16)8-11(9-14)7-10(2)3/h10-11H,6-9,14H2,1-5H3,(H,15,16)/t11-/m0/s1. The predicted octanol–water partition coefficient (Wildman–Crippen LogP) is 2.30. The van der Waals surface area contributed by atoms with Crippen LogP contribution in [0.25, 0.3) is 0 Å². The SMILES string of the molecule is CCC(C)(C)NC(=O)C[C@@H](CN)CC(C)C. The molecular weight excluding hydrogens is 200 g/mol. The van der Waals surface area contributed by atoms with Gasteiger partial charge in [0.2, 0.25) is 5.91 Å². The molecule has 3 heteroatoms. The molecule has 0 rings (SSSR count). The van der Waals surface area contributed by atoms with Gasteiger partial charge >= 0.3 is 0 Å². The van der Waals surface area contributed by atoms with Crippen molar-refractivity contribution in [3.8, 4) is 0 Å². The van der Waals surface area contributed by atoms with Crippen LogP contribution in [0.1, 0.15) is 53.9 Å². The molecule has 0 saturated heterocycles. The van der Waals surface area contributed by atoms with Crippen LogP contribution < -0.4 is 11.1 Å². The van der Waals surface area contributed by atoms with E-state index in [-0.39, 0.29) is 11.4 Å². The average Bonchev–Trinajstić information content (AvgIpc) is 2.15. The second kappa shape index (κ2) is 6.89. The molecule has 1 amide bonds. The van der Waals surface area contributed by atoms with E-state index >= 15 is 0 Å². The molecular formula is C13H28N2O. The van der Waals surface area contributed by atoms with Crippen molar-refractivity contribution in [2.45, 2.75) is 59.4 Å². The highest BCUT2D eigenvalue weighted by Gasteiger charge is 2.20. The normalized spacial score (nSPS) is 13.9. The van der Waals surface area contributed by atoms with Crippen molar-refractivity contribution in [2.75, 3.05) is 6.54 Å². The van der Waals surface area contributed by atoms with Crippen molar-refractivity contribution in [3.63, 3.8) is 0 Å². The van der Waals surface area contributed by atoms with Crippen molar-refractivity contribution in [3.05, 3.63) is 0 Å². The summed E-state index contributed by atoms with van der Waals surface area (Å²) in [5.41, 5.74) is 5.58. The summed E-state index contributed by atoms with van der Waals surface area (Å²) in [6.45, 7) is 11.1. The Hall–Kier alpha value is -0.570. The van der Waals surface area contributed by atoms with Crippen LogP contribution in [-0.2, 0) is 4.79 Å². The number of hydrogen-bond acceptors (Lipinski definition) is 2. The zero-order valence-electron chi connectivity index (χ0n) is 11.5. The highest BCUT2D eigenvalue weighted by Crippen LogP contribution is 2.15. The first kappa shape index (κ1) is 15.4. The van der Waals surface area contributed by atoms with Gasteiger partial charge in [-0.05, 0) is 45.1 Å². The molecule has 0 aromatic carbocycles. The number of hydrogen-bond donors (Lipinski definition) is 2. The van der Waals surface area contributed by atoms with Crippen molar-refractivity contribution in [2.24, 2.45) is 17.6 Å². The number of amides is 1. The molecule has 0 aliphatic heterocycles. The molecule has 3 nitrogen and oxygen atoms in total. The van der Waals surface area contributed by atoms with Gasteiger partial charge in [0.25, 0.3) is 0 Å². The Labute approximate surface area is 100 Å². The lowest BCUT2D eigenvalue weighted by Crippen LogP contribution is -2.43. The van der Waals surface area contributed by atoms with E-state index < -0.39 is 0 Å². The topological polar surface area (TPSA) is 55.1 Å². The number of nitrogens with one attached hydrogen (secondary N) is 1. The summed E-state index contributed by atoms with van der Waals surface area (Å²) in [5.74, 6) is 1.04. The van der Waals surface area contributed by atoms with Crippen molar-refractivity contribution in [1.29, 1.82) is 0 Å². The van der Waals surface area contributed by atoms with Gasteiger partial charge in [0.15, 0.2) is 0 Å². The maximum atomic E-state index is 11.8. The smallest absolute Gasteiger partial charge is 0.220 e. The van der Waals surface area contributed by atoms with E-state index in [0.29, 0.717) is 24.8 Å². The summed E-state index contributed by atoms with van der Waals surface area (Å²) in [7, 11) is 0. The van der Waals surface area contributed by atoms with Gasteiger partial charge in [-0.15, -0.1) is 0 Å². The molecule has 0 aliphatic carbocycles. The van der Waals surface area contributed by atoms with Crippen LogP contribution in [0.3, 0.4) is 0 Å². The third-order valence-electron chi connectivity index (χ3n) is 2.97. The molecule has 0 bridgehead atoms. The molecule has 96 valence electrons. The predicted molar refractivity (Wildman–Crippen MR) is 69.1 cm³/mol. The molecule has 0 saturated carbocycles. The van der Waals surface area contributed by atoms with Gasteiger partial charge < -0.3 is 11.1 Å². The van der Waals surface area contributed by atoms with E-state index in [9.17, 15) is 4.79 Å². The Balaban J connectivity index is 4.11. The summed E-state index contributed by atoms with van der Waals surface area (Å²) in [5, 5.41) is 3.05. The maximum absolute atomic E-state index is 11.8. The molecule has 0 fully saturated rings. The van der Waals surface area contributed by atoms with Crippen molar-refractivity contribution >= 4 is 5.91 Å². The van der Waals surface area contributed by atoms with E-state index in [1.54, 1.807) is 0 Å². The minimum atomic E-state index is -0.103. The molecule has 0 aromatic rings. The number of rotatable bonds is 7. The van der Waals surface area contributed by atoms with E-state index in [2.05, 4.69) is 26.1 Å². The van der Waals surface area contributed by atoms with Crippen LogP contribution in [0.4, 0.5) is 0 Å². The first-order valence-corrected chi connectivity index (χ1v) is 6.31. The highest BCUT2D eigenvalue weighted by molar-refractivity contribution is 5.76. The van der Waals surface area contributed by atoms with Crippen LogP contribution in [-0.4, -0.2) is 18.0 Å². The molecule has 0 spiro atoms. The van der Waals surface area contributed by atoms with Crippen LogP contribution in [0.2, 0.25) is 0 Å². The molecule has 0 unspecified atom stereocenters. The Morgan fingerprint density at radius 3 is 2.31 bits per heavy atom. The van der Waals surface area contributed by atoms with E-state index in [0.717, 1.165) is 12.8 Å². The largest absolute Gasteiger partial charge is 0.351 e. The van der Waals surface area contributed by atoms with Crippen LogP contribution in [0, 0.1) is 11.8 Å². The lowest BCUT2D eigenvalue weighted by atomic mass is 9.93. The second-order valence-corrected chi connectivity index (χ2v) is 5.72. The van der Waals surface area contributed by atoms with Gasteiger partial charge in [-0.1, -0.05) is 20.8 Å². The number of carbonyl (C=O) groups is 1. The first-order chi connectivity index (χ1) is 7.30. The van der Waals surface area contributed by atoms with Gasteiger partial charge in [-0.2, -0.15) is 0 Å². The van der Waals surface area contributed by atoms with Gasteiger partial charge in [-0.3, -0.25) is 4.79 Å². The third-order valence-corrected chi connectivity index (χ3v) is 2.97. The van der Waals surface area contributed by atoms with Gasteiger partial charge in [-0.25, -0.2) is 0 Å². The van der Waals surface area contributed by atoms with E-state index in [4.69, 9.17) is 5.73 Å². The highest BCUT2D eigenvalue weighted by atomic mass is 16.1. The number of nitrogens with two attached hydrogens (primary N) is 1. The van der Waals surface area contributed by atoms with Crippen molar-refractivity contribution in [1.82, 2.24) is 5.32 Å². The number of carbonyl (C=O) groups excluding carboxylic acids is 1. The molecule has 16 heavy (non-hydrogen) atoms. The summed E-state index contributed by atoms with van der Waals surface area (Å²) in [4.78, 5) is 11.8. The summed E-state index contributed by atoms with van der Waals surface area (Å²) >= 11 is 0. The molecule has 0 radical (unpaired) electrons. The fourth-order valence-corrected chi connectivity index (χ4v) is 1.71. The van der Waals surface area contributed by atoms with E-state index in [1.807, 2.05) is 13.8 Å². The quantitative estimate of drug-likeness (QED) is 0.702. The minimum absolute atomic E-state index is 0.103. The van der Waals surface area contributed by atoms with Gasteiger partial charge in [0, 0.05) is 12.0 Å². The molecule has 3 N–H and O–H groups in total. The lowest BCUT2D eigenvalue weighted by Gasteiger charge is -2.26. The third kappa shape index (κ3) is 6.83. The van der Waals surface area contributed by atoms with Crippen LogP contribution in [0.15, 0.2) is 0 Å². The summed E-state index contributed by atoms with van der Waals surface area (Å²) < 4.78 is 0. The Morgan fingerprint density at radius 1 is 1.38 bits per heavy atom. The fraction of sp³-hybridized carbons (Fsp3) is 0.923. The molecule has 0 heterocycles. The van der Waals surface area contributed by atoms with Gasteiger partial charge in [0.1, 0.15) is 0 Å².